The molecule has 4 nitrogen and oxygen atoms in total. The first-order valence-electron chi connectivity index (χ1n) is 5.57. The molecule has 18 heavy (non-hydrogen) atoms. The number of aliphatic carboxylic acids is 1. The summed E-state index contributed by atoms with van der Waals surface area (Å²) in [7, 11) is 0. The van der Waals surface area contributed by atoms with Gasteiger partial charge in [-0.05, 0) is 29.8 Å². The van der Waals surface area contributed by atoms with Crippen molar-refractivity contribution in [3.8, 4) is 0 Å². The second kappa shape index (κ2) is 5.23. The molecular weight excluding hydrogens is 228 g/mol. The number of anilines is 3. The van der Waals surface area contributed by atoms with Crippen LogP contribution in [0, 0.1) is 0 Å². The minimum Gasteiger partial charge on any atom is -0.481 e. The Morgan fingerprint density at radius 2 is 1.78 bits per heavy atom. The number of carbonyl (C=O) groups is 1. The Hall–Kier alpha value is -2.49. The van der Waals surface area contributed by atoms with Crippen LogP contribution in [0.2, 0.25) is 0 Å². The third kappa shape index (κ3) is 3.01. The average Bonchev–Trinajstić information content (AvgIpc) is 2.34. The molecule has 2 aromatic carbocycles. The van der Waals surface area contributed by atoms with E-state index < -0.39 is 5.97 Å². The van der Waals surface area contributed by atoms with Gasteiger partial charge in [-0.15, -0.1) is 0 Å². The van der Waals surface area contributed by atoms with Crippen LogP contribution in [0.3, 0.4) is 0 Å². The molecule has 4 N–H and O–H groups in total. The van der Waals surface area contributed by atoms with E-state index in [1.807, 2.05) is 36.4 Å². The molecule has 0 unspecified atom stereocenters. The standard InChI is InChI=1S/C14H14N2O2/c15-12-3-1-2-4-13(12)16-11-7-5-10(6-8-11)9-14(17)18/h1-8,16H,9,15H2,(H,17,18). The van der Waals surface area contributed by atoms with Gasteiger partial charge in [-0.3, -0.25) is 4.79 Å². The number of nitrogen functional groups attached to an aromatic ring is 1. The van der Waals surface area contributed by atoms with E-state index in [-0.39, 0.29) is 6.42 Å². The molecular formula is C14H14N2O2. The Balaban J connectivity index is 2.11. The lowest BCUT2D eigenvalue weighted by atomic mass is 10.1. The fourth-order valence-corrected chi connectivity index (χ4v) is 1.65. The van der Waals surface area contributed by atoms with E-state index >= 15 is 0 Å². The molecule has 2 aromatic rings. The minimum absolute atomic E-state index is 0.0355. The first-order chi connectivity index (χ1) is 8.65. The number of hydrogen-bond donors (Lipinski definition) is 3. The number of nitrogens with one attached hydrogen (secondary N) is 1. The number of nitrogens with two attached hydrogens (primary N) is 1. The van der Waals surface area contributed by atoms with Gasteiger partial charge in [0.2, 0.25) is 0 Å². The largest absolute Gasteiger partial charge is 0.481 e. The molecule has 0 bridgehead atoms. The van der Waals surface area contributed by atoms with Crippen molar-refractivity contribution in [2.75, 3.05) is 11.1 Å². The lowest BCUT2D eigenvalue weighted by molar-refractivity contribution is -0.136. The summed E-state index contributed by atoms with van der Waals surface area (Å²) in [5, 5.41) is 11.9. The van der Waals surface area contributed by atoms with E-state index in [2.05, 4.69) is 5.32 Å². The highest BCUT2D eigenvalue weighted by molar-refractivity contribution is 5.73. The summed E-state index contributed by atoms with van der Waals surface area (Å²) in [5.41, 5.74) is 8.98. The van der Waals surface area contributed by atoms with E-state index in [4.69, 9.17) is 10.8 Å². The fourth-order valence-electron chi connectivity index (χ4n) is 1.65. The molecule has 2 rings (SSSR count). The zero-order chi connectivity index (χ0) is 13.0. The van der Waals surface area contributed by atoms with Crippen LogP contribution < -0.4 is 11.1 Å². The zero-order valence-corrected chi connectivity index (χ0v) is 9.76. The van der Waals surface area contributed by atoms with Gasteiger partial charge >= 0.3 is 5.97 Å². The molecule has 0 aliphatic rings. The molecule has 4 heteroatoms. The smallest absolute Gasteiger partial charge is 0.307 e. The van der Waals surface area contributed by atoms with Crippen LogP contribution in [-0.2, 0) is 11.2 Å². The predicted octanol–water partition coefficient (Wildman–Crippen LogP) is 2.64. The van der Waals surface area contributed by atoms with Crippen molar-refractivity contribution < 1.29 is 9.90 Å². The maximum Gasteiger partial charge on any atom is 0.307 e. The first-order valence-corrected chi connectivity index (χ1v) is 5.57. The van der Waals surface area contributed by atoms with Gasteiger partial charge in [0.05, 0.1) is 17.8 Å². The van der Waals surface area contributed by atoms with Gasteiger partial charge in [0.1, 0.15) is 0 Å². The summed E-state index contributed by atoms with van der Waals surface area (Å²) in [6, 6.07) is 14.7. The van der Waals surface area contributed by atoms with Crippen LogP contribution in [-0.4, -0.2) is 11.1 Å². The van der Waals surface area contributed by atoms with Gasteiger partial charge in [0.25, 0.3) is 0 Å². The molecule has 0 saturated heterocycles. The van der Waals surface area contributed by atoms with Crippen molar-refractivity contribution in [3.63, 3.8) is 0 Å². The lowest BCUT2D eigenvalue weighted by Gasteiger charge is -2.09. The Morgan fingerprint density at radius 3 is 2.39 bits per heavy atom. The van der Waals surface area contributed by atoms with E-state index in [0.717, 1.165) is 16.9 Å². The van der Waals surface area contributed by atoms with Crippen LogP contribution in [0.1, 0.15) is 5.56 Å². The highest BCUT2D eigenvalue weighted by Crippen LogP contribution is 2.22. The van der Waals surface area contributed by atoms with Crippen LogP contribution in [0.15, 0.2) is 48.5 Å². The highest BCUT2D eigenvalue weighted by Gasteiger charge is 2.01. The quantitative estimate of drug-likeness (QED) is 0.720. The SMILES string of the molecule is Nc1ccccc1Nc1ccc(CC(=O)O)cc1. The third-order valence-corrected chi connectivity index (χ3v) is 2.55. The Labute approximate surface area is 105 Å². The molecule has 0 radical (unpaired) electrons. The maximum absolute atomic E-state index is 10.6. The summed E-state index contributed by atoms with van der Waals surface area (Å²) < 4.78 is 0. The van der Waals surface area contributed by atoms with Gasteiger partial charge < -0.3 is 16.2 Å². The van der Waals surface area contributed by atoms with Crippen molar-refractivity contribution in [1.82, 2.24) is 0 Å². The summed E-state index contributed by atoms with van der Waals surface area (Å²) in [6.07, 6.45) is 0.0355. The van der Waals surface area contributed by atoms with Crippen LogP contribution >= 0.6 is 0 Å². The molecule has 0 fully saturated rings. The summed E-state index contributed by atoms with van der Waals surface area (Å²) in [4.78, 5) is 10.6. The van der Waals surface area contributed by atoms with E-state index in [1.165, 1.54) is 0 Å². The highest BCUT2D eigenvalue weighted by atomic mass is 16.4. The van der Waals surface area contributed by atoms with Crippen LogP contribution in [0.5, 0.6) is 0 Å². The van der Waals surface area contributed by atoms with Crippen molar-refractivity contribution in [3.05, 3.63) is 54.1 Å². The fraction of sp³-hybridized carbons (Fsp3) is 0.0714. The van der Waals surface area contributed by atoms with Crippen molar-refractivity contribution >= 4 is 23.0 Å². The Kier molecular flexibility index (Phi) is 3.48. The minimum atomic E-state index is -0.831. The number of carboxylic acids is 1. The predicted molar refractivity (Wildman–Crippen MR) is 71.9 cm³/mol. The average molecular weight is 242 g/mol. The summed E-state index contributed by atoms with van der Waals surface area (Å²) in [5.74, 6) is -0.831. The molecule has 92 valence electrons. The molecule has 0 spiro atoms. The number of carboxylic acid groups (broad SMARTS) is 1. The topological polar surface area (TPSA) is 75.3 Å². The molecule has 0 aliphatic carbocycles. The molecule has 0 heterocycles. The summed E-state index contributed by atoms with van der Waals surface area (Å²) in [6.45, 7) is 0. The third-order valence-electron chi connectivity index (χ3n) is 2.55. The van der Waals surface area contributed by atoms with E-state index in [9.17, 15) is 4.79 Å². The Bertz CT molecular complexity index is 550. The van der Waals surface area contributed by atoms with Gasteiger partial charge in [-0.1, -0.05) is 24.3 Å². The van der Waals surface area contributed by atoms with Crippen LogP contribution in [0.25, 0.3) is 0 Å². The van der Waals surface area contributed by atoms with E-state index in [1.54, 1.807) is 12.1 Å². The number of hydrogen-bond acceptors (Lipinski definition) is 3. The molecule has 0 amide bonds. The monoisotopic (exact) mass is 242 g/mol. The molecule has 0 saturated carbocycles. The van der Waals surface area contributed by atoms with E-state index in [0.29, 0.717) is 5.69 Å². The van der Waals surface area contributed by atoms with Crippen molar-refractivity contribution in [2.24, 2.45) is 0 Å². The Morgan fingerprint density at radius 1 is 1.11 bits per heavy atom. The normalized spacial score (nSPS) is 10.0. The molecule has 0 atom stereocenters. The number of benzene rings is 2. The molecule has 0 aromatic heterocycles. The second-order valence-corrected chi connectivity index (χ2v) is 3.98. The van der Waals surface area contributed by atoms with Gasteiger partial charge in [-0.2, -0.15) is 0 Å². The van der Waals surface area contributed by atoms with Crippen molar-refractivity contribution in [1.29, 1.82) is 0 Å². The molecule has 0 aliphatic heterocycles. The van der Waals surface area contributed by atoms with Gasteiger partial charge in [0.15, 0.2) is 0 Å². The van der Waals surface area contributed by atoms with Gasteiger partial charge in [-0.25, -0.2) is 0 Å². The first kappa shape index (κ1) is 12.0. The summed E-state index contributed by atoms with van der Waals surface area (Å²) >= 11 is 0. The number of para-hydroxylation sites is 2. The van der Waals surface area contributed by atoms with Gasteiger partial charge in [0, 0.05) is 5.69 Å². The second-order valence-electron chi connectivity index (χ2n) is 3.98. The van der Waals surface area contributed by atoms with Crippen molar-refractivity contribution in [2.45, 2.75) is 6.42 Å². The lowest BCUT2D eigenvalue weighted by Crippen LogP contribution is -2.00. The van der Waals surface area contributed by atoms with Crippen LogP contribution in [0.4, 0.5) is 17.1 Å². The number of rotatable bonds is 4. The zero-order valence-electron chi connectivity index (χ0n) is 9.76. The maximum atomic E-state index is 10.6.